The Bertz CT molecular complexity index is 461. The van der Waals surface area contributed by atoms with Crippen molar-refractivity contribution in [3.63, 3.8) is 0 Å². The second-order valence-electron chi connectivity index (χ2n) is 6.46. The number of rotatable bonds is 10. The Hall–Kier alpha value is -1.70. The molecule has 0 bridgehead atoms. The van der Waals surface area contributed by atoms with Crippen LogP contribution in [0.25, 0.3) is 0 Å². The monoisotopic (exact) mass is 359 g/mol. The largest absolute Gasteiger partial charge is 0.354 e. The van der Waals surface area contributed by atoms with Gasteiger partial charge < -0.3 is 10.2 Å². The summed E-state index contributed by atoms with van der Waals surface area (Å²) in [6.07, 6.45) is 2.41. The summed E-state index contributed by atoms with van der Waals surface area (Å²) in [5.74, 6) is -3.16. The number of alkyl halides is 1. The highest BCUT2D eigenvalue weighted by molar-refractivity contribution is 5.92. The Kier molecular flexibility index (Phi) is 9.41. The maximum atomic E-state index is 14.3. The van der Waals surface area contributed by atoms with E-state index in [9.17, 15) is 18.8 Å². The Morgan fingerprint density at radius 2 is 1.92 bits per heavy atom. The third-order valence-electron chi connectivity index (χ3n) is 4.57. The van der Waals surface area contributed by atoms with E-state index < -0.39 is 29.9 Å². The van der Waals surface area contributed by atoms with E-state index in [1.165, 1.54) is 10.4 Å². The number of nitrogens with zero attached hydrogens (tertiary/aromatic N) is 1. The average molecular weight is 359 g/mol. The van der Waals surface area contributed by atoms with Crippen molar-refractivity contribution in [1.29, 1.82) is 0 Å². The molecule has 1 fully saturated rings. The van der Waals surface area contributed by atoms with Crippen LogP contribution in [0.15, 0.2) is 0 Å². The van der Waals surface area contributed by atoms with Gasteiger partial charge in [0.05, 0.1) is 5.92 Å². The Balaban J connectivity index is 2.82. The fourth-order valence-corrected chi connectivity index (χ4v) is 3.09. The summed E-state index contributed by atoms with van der Waals surface area (Å²) in [4.78, 5) is 37.9. The highest BCUT2D eigenvalue weighted by Crippen LogP contribution is 2.25. The van der Waals surface area contributed by atoms with Crippen LogP contribution in [-0.4, -0.2) is 53.1 Å². The lowest BCUT2D eigenvalue weighted by atomic mass is 9.94. The highest BCUT2D eigenvalue weighted by atomic mass is 19.1. The van der Waals surface area contributed by atoms with Crippen molar-refractivity contribution in [3.8, 4) is 0 Å². The molecule has 3 N–H and O–H groups in total. The Morgan fingerprint density at radius 3 is 2.52 bits per heavy atom. The molecule has 1 saturated heterocycles. The highest BCUT2D eigenvalue weighted by Gasteiger charge is 2.41. The first kappa shape index (κ1) is 21.3. The van der Waals surface area contributed by atoms with E-state index in [-0.39, 0.29) is 12.3 Å². The molecule has 0 aromatic carbocycles. The molecule has 7 nitrogen and oxygen atoms in total. The minimum atomic E-state index is -2.13. The molecule has 1 rings (SSSR count). The van der Waals surface area contributed by atoms with Crippen LogP contribution in [0.1, 0.15) is 58.8 Å². The molecular formula is C17H30FN3O4. The summed E-state index contributed by atoms with van der Waals surface area (Å²) in [5, 5.41) is 11.5. The number of hydrogen-bond donors (Lipinski definition) is 3. The van der Waals surface area contributed by atoms with Gasteiger partial charge >= 0.3 is 0 Å². The zero-order valence-corrected chi connectivity index (χ0v) is 15.1. The SMILES string of the molecule is CCCCNC(=O)[C@@H]1CCCN1C(=O)[C@H](CCCC)[C@@H](F)C(=O)NO. The zero-order chi connectivity index (χ0) is 18.8. The fraction of sp³-hybridized carbons (Fsp3) is 0.824. The third-order valence-corrected chi connectivity index (χ3v) is 4.57. The molecule has 3 atom stereocenters. The van der Waals surface area contributed by atoms with Gasteiger partial charge in [-0.2, -0.15) is 0 Å². The van der Waals surface area contributed by atoms with Gasteiger partial charge in [0.25, 0.3) is 5.91 Å². The normalized spacial score (nSPS) is 19.4. The lowest BCUT2D eigenvalue weighted by Crippen LogP contribution is -2.51. The molecule has 144 valence electrons. The number of carbonyl (C=O) groups is 3. The molecule has 0 radical (unpaired) electrons. The molecule has 0 unspecified atom stereocenters. The molecule has 0 spiro atoms. The minimum absolute atomic E-state index is 0.199. The summed E-state index contributed by atoms with van der Waals surface area (Å²) in [5.41, 5.74) is 1.27. The number of hydrogen-bond acceptors (Lipinski definition) is 4. The number of likely N-dealkylation sites (tertiary alicyclic amines) is 1. The second-order valence-corrected chi connectivity index (χ2v) is 6.46. The van der Waals surface area contributed by atoms with Gasteiger partial charge in [0.1, 0.15) is 6.04 Å². The van der Waals surface area contributed by atoms with Crippen molar-refractivity contribution in [2.24, 2.45) is 5.92 Å². The van der Waals surface area contributed by atoms with E-state index in [0.29, 0.717) is 32.4 Å². The Labute approximate surface area is 148 Å². The number of unbranched alkanes of at least 4 members (excludes halogenated alkanes) is 2. The number of nitrogens with one attached hydrogen (secondary N) is 2. The Morgan fingerprint density at radius 1 is 1.24 bits per heavy atom. The summed E-state index contributed by atoms with van der Waals surface area (Å²) in [7, 11) is 0. The van der Waals surface area contributed by atoms with Gasteiger partial charge in [-0.1, -0.05) is 33.1 Å². The third kappa shape index (κ3) is 5.95. The number of amides is 3. The summed E-state index contributed by atoms with van der Waals surface area (Å²) < 4.78 is 14.3. The van der Waals surface area contributed by atoms with Gasteiger partial charge in [-0.05, 0) is 25.7 Å². The van der Waals surface area contributed by atoms with E-state index >= 15 is 0 Å². The predicted octanol–water partition coefficient (Wildman–Crippen LogP) is 1.54. The quantitative estimate of drug-likeness (QED) is 0.313. The van der Waals surface area contributed by atoms with Gasteiger partial charge in [-0.15, -0.1) is 0 Å². The van der Waals surface area contributed by atoms with Crippen molar-refractivity contribution < 1.29 is 24.0 Å². The number of hydroxylamine groups is 1. The van der Waals surface area contributed by atoms with Crippen molar-refractivity contribution in [3.05, 3.63) is 0 Å². The maximum absolute atomic E-state index is 14.3. The smallest absolute Gasteiger partial charge is 0.278 e. The van der Waals surface area contributed by atoms with E-state index in [4.69, 9.17) is 5.21 Å². The molecule has 25 heavy (non-hydrogen) atoms. The first-order valence-electron chi connectivity index (χ1n) is 9.14. The maximum Gasteiger partial charge on any atom is 0.278 e. The molecular weight excluding hydrogens is 329 g/mol. The van der Waals surface area contributed by atoms with Gasteiger partial charge in [-0.25, -0.2) is 9.87 Å². The van der Waals surface area contributed by atoms with Crippen molar-refractivity contribution in [2.75, 3.05) is 13.1 Å². The topological polar surface area (TPSA) is 98.7 Å². The lowest BCUT2D eigenvalue weighted by Gasteiger charge is -2.29. The van der Waals surface area contributed by atoms with Gasteiger partial charge in [0.2, 0.25) is 11.8 Å². The van der Waals surface area contributed by atoms with E-state index in [0.717, 1.165) is 19.3 Å². The molecule has 8 heteroatoms. The molecule has 0 aromatic rings. The summed E-state index contributed by atoms with van der Waals surface area (Å²) in [6, 6.07) is -0.613. The second kappa shape index (κ2) is 11.0. The van der Waals surface area contributed by atoms with Crippen LogP contribution in [0.2, 0.25) is 0 Å². The average Bonchev–Trinajstić information content (AvgIpc) is 3.10. The lowest BCUT2D eigenvalue weighted by molar-refractivity contribution is -0.149. The van der Waals surface area contributed by atoms with Gasteiger partial charge in [-0.3, -0.25) is 19.6 Å². The van der Waals surface area contributed by atoms with Crippen LogP contribution in [0.4, 0.5) is 4.39 Å². The fourth-order valence-electron chi connectivity index (χ4n) is 3.09. The van der Waals surface area contributed by atoms with Crippen molar-refractivity contribution in [2.45, 2.75) is 71.0 Å². The number of carbonyl (C=O) groups excluding carboxylic acids is 3. The van der Waals surface area contributed by atoms with Crippen molar-refractivity contribution in [1.82, 2.24) is 15.7 Å². The first-order valence-corrected chi connectivity index (χ1v) is 9.14. The molecule has 1 aliphatic heterocycles. The van der Waals surface area contributed by atoms with Crippen LogP contribution >= 0.6 is 0 Å². The summed E-state index contributed by atoms with van der Waals surface area (Å²) in [6.45, 7) is 4.84. The van der Waals surface area contributed by atoms with Gasteiger partial charge in [0, 0.05) is 13.1 Å². The van der Waals surface area contributed by atoms with E-state index in [1.807, 2.05) is 13.8 Å². The van der Waals surface area contributed by atoms with Crippen LogP contribution in [-0.2, 0) is 14.4 Å². The first-order chi connectivity index (χ1) is 12.0. The molecule has 0 aromatic heterocycles. The standard InChI is InChI=1S/C17H30FN3O4/c1-3-5-8-12(14(18)16(23)20-25)17(24)21-11-7-9-13(21)15(22)19-10-6-4-2/h12-14,25H,3-11H2,1-2H3,(H,19,22)(H,20,23)/t12-,13+,14-/m1/s1. The minimum Gasteiger partial charge on any atom is -0.354 e. The zero-order valence-electron chi connectivity index (χ0n) is 15.1. The number of halogens is 1. The van der Waals surface area contributed by atoms with Crippen LogP contribution in [0.5, 0.6) is 0 Å². The molecule has 3 amide bonds. The van der Waals surface area contributed by atoms with E-state index in [1.54, 1.807) is 0 Å². The summed E-state index contributed by atoms with van der Waals surface area (Å²) >= 11 is 0. The van der Waals surface area contributed by atoms with Crippen LogP contribution in [0, 0.1) is 5.92 Å². The molecule has 1 aliphatic rings. The molecule has 0 saturated carbocycles. The predicted molar refractivity (Wildman–Crippen MR) is 90.5 cm³/mol. The van der Waals surface area contributed by atoms with E-state index in [2.05, 4.69) is 5.32 Å². The van der Waals surface area contributed by atoms with Crippen molar-refractivity contribution >= 4 is 17.7 Å². The molecule has 0 aliphatic carbocycles. The molecule has 1 heterocycles. The van der Waals surface area contributed by atoms with Crippen LogP contribution < -0.4 is 10.8 Å². The van der Waals surface area contributed by atoms with Gasteiger partial charge in [0.15, 0.2) is 6.17 Å². The van der Waals surface area contributed by atoms with Crippen LogP contribution in [0.3, 0.4) is 0 Å².